The lowest BCUT2D eigenvalue weighted by Gasteiger charge is -2.32. The van der Waals surface area contributed by atoms with Gasteiger partial charge < -0.3 is 14.8 Å². The van der Waals surface area contributed by atoms with Crippen molar-refractivity contribution in [3.63, 3.8) is 0 Å². The number of esters is 1. The van der Waals surface area contributed by atoms with Gasteiger partial charge in [0.15, 0.2) is 11.9 Å². The van der Waals surface area contributed by atoms with Gasteiger partial charge in [0.1, 0.15) is 5.54 Å². The second kappa shape index (κ2) is 8.78. The van der Waals surface area contributed by atoms with E-state index in [2.05, 4.69) is 16.5 Å². The van der Waals surface area contributed by atoms with Crippen LogP contribution in [0.5, 0.6) is 5.75 Å². The number of nitriles is 1. The standard InChI is InChI=1S/C21H24N4O4/c1-15(19(26)23-21(14-22)11-7-4-8-12-21)29-20(27)18-17(28-2)13-25(24-18)16-9-5-3-6-10-16/h3,5-6,9-10,13,15H,4,7-8,11-12H2,1-2H3,(H,23,26). The van der Waals surface area contributed by atoms with Gasteiger partial charge in [0.05, 0.1) is 25.1 Å². The number of carbonyl (C=O) groups excluding carboxylic acids is 2. The van der Waals surface area contributed by atoms with Crippen LogP contribution in [0.1, 0.15) is 49.5 Å². The van der Waals surface area contributed by atoms with E-state index in [9.17, 15) is 14.9 Å². The molecule has 1 saturated carbocycles. The molecule has 1 aliphatic rings. The summed E-state index contributed by atoms with van der Waals surface area (Å²) in [5.41, 5.74) is -0.157. The van der Waals surface area contributed by atoms with E-state index in [0.29, 0.717) is 12.8 Å². The molecule has 2 aromatic rings. The van der Waals surface area contributed by atoms with E-state index >= 15 is 0 Å². The van der Waals surface area contributed by atoms with E-state index < -0.39 is 23.5 Å². The summed E-state index contributed by atoms with van der Waals surface area (Å²) in [5.74, 6) is -1.02. The Morgan fingerprint density at radius 1 is 1.24 bits per heavy atom. The molecule has 8 heteroatoms. The number of ether oxygens (including phenoxy) is 2. The van der Waals surface area contributed by atoms with Crippen molar-refractivity contribution in [3.8, 4) is 17.5 Å². The molecule has 1 aromatic heterocycles. The van der Waals surface area contributed by atoms with Gasteiger partial charge in [-0.05, 0) is 31.9 Å². The molecule has 1 fully saturated rings. The van der Waals surface area contributed by atoms with Crippen molar-refractivity contribution in [2.24, 2.45) is 0 Å². The van der Waals surface area contributed by atoms with Crippen molar-refractivity contribution in [1.82, 2.24) is 15.1 Å². The minimum atomic E-state index is -1.07. The molecule has 3 rings (SSSR count). The van der Waals surface area contributed by atoms with Gasteiger partial charge in [-0.3, -0.25) is 4.79 Å². The van der Waals surface area contributed by atoms with Crippen LogP contribution in [0.15, 0.2) is 36.5 Å². The molecular weight excluding hydrogens is 372 g/mol. The van der Waals surface area contributed by atoms with Crippen molar-refractivity contribution in [2.75, 3.05) is 7.11 Å². The fourth-order valence-electron chi connectivity index (χ4n) is 3.39. The predicted octanol–water partition coefficient (Wildman–Crippen LogP) is 2.77. The molecule has 1 atom stereocenters. The Morgan fingerprint density at radius 3 is 2.55 bits per heavy atom. The molecule has 0 spiro atoms. The first kappa shape index (κ1) is 20.4. The van der Waals surface area contributed by atoms with E-state index in [1.807, 2.05) is 30.3 Å². The van der Waals surface area contributed by atoms with Crippen LogP contribution in [-0.2, 0) is 9.53 Å². The quantitative estimate of drug-likeness (QED) is 0.753. The van der Waals surface area contributed by atoms with Gasteiger partial charge in [-0.15, -0.1) is 0 Å². The summed E-state index contributed by atoms with van der Waals surface area (Å²) in [6.07, 6.45) is 4.53. The van der Waals surface area contributed by atoms with E-state index in [0.717, 1.165) is 24.9 Å². The maximum atomic E-state index is 12.6. The number of nitrogens with zero attached hydrogens (tertiary/aromatic N) is 3. The molecule has 1 N–H and O–H groups in total. The maximum absolute atomic E-state index is 12.6. The molecule has 0 aliphatic heterocycles. The van der Waals surface area contributed by atoms with E-state index in [4.69, 9.17) is 9.47 Å². The lowest BCUT2D eigenvalue weighted by atomic mass is 9.83. The molecular formula is C21H24N4O4. The second-order valence-corrected chi connectivity index (χ2v) is 7.12. The van der Waals surface area contributed by atoms with Gasteiger partial charge in [-0.1, -0.05) is 37.5 Å². The Bertz CT molecular complexity index is 911. The summed E-state index contributed by atoms with van der Waals surface area (Å²) in [5, 5.41) is 16.5. The molecule has 152 valence electrons. The average Bonchev–Trinajstić information content (AvgIpc) is 3.19. The van der Waals surface area contributed by atoms with Crippen LogP contribution in [0.4, 0.5) is 0 Å². The highest BCUT2D eigenvalue weighted by Gasteiger charge is 2.36. The number of hydrogen-bond donors (Lipinski definition) is 1. The van der Waals surface area contributed by atoms with Crippen molar-refractivity contribution in [1.29, 1.82) is 5.26 Å². The molecule has 0 bridgehead atoms. The molecule has 8 nitrogen and oxygen atoms in total. The highest BCUT2D eigenvalue weighted by molar-refractivity contribution is 5.93. The van der Waals surface area contributed by atoms with Gasteiger partial charge in [0, 0.05) is 0 Å². The Hall–Kier alpha value is -3.34. The Balaban J connectivity index is 1.70. The topological polar surface area (TPSA) is 106 Å². The smallest absolute Gasteiger partial charge is 0.363 e. The predicted molar refractivity (Wildman–Crippen MR) is 105 cm³/mol. The van der Waals surface area contributed by atoms with Crippen LogP contribution in [-0.4, -0.2) is 40.4 Å². The van der Waals surface area contributed by atoms with Crippen LogP contribution in [0, 0.1) is 11.3 Å². The number of rotatable bonds is 6. The zero-order chi connectivity index (χ0) is 20.9. The highest BCUT2D eigenvalue weighted by Crippen LogP contribution is 2.28. The first-order chi connectivity index (χ1) is 14.0. The number of para-hydroxylation sites is 1. The Kier molecular flexibility index (Phi) is 6.17. The van der Waals surface area contributed by atoms with Gasteiger partial charge >= 0.3 is 5.97 Å². The average molecular weight is 396 g/mol. The van der Waals surface area contributed by atoms with E-state index in [1.165, 1.54) is 18.7 Å². The van der Waals surface area contributed by atoms with Crippen LogP contribution in [0.25, 0.3) is 5.69 Å². The van der Waals surface area contributed by atoms with E-state index in [1.54, 1.807) is 6.20 Å². The van der Waals surface area contributed by atoms with Crippen molar-refractivity contribution in [2.45, 2.75) is 50.7 Å². The third kappa shape index (κ3) is 4.57. The fourth-order valence-corrected chi connectivity index (χ4v) is 3.39. The molecule has 1 amide bonds. The first-order valence-electron chi connectivity index (χ1n) is 9.61. The molecule has 1 unspecified atom stereocenters. The van der Waals surface area contributed by atoms with Crippen LogP contribution in [0.3, 0.4) is 0 Å². The summed E-state index contributed by atoms with van der Waals surface area (Å²) in [4.78, 5) is 25.1. The third-order valence-corrected chi connectivity index (χ3v) is 5.05. The zero-order valence-corrected chi connectivity index (χ0v) is 16.6. The summed E-state index contributed by atoms with van der Waals surface area (Å²) in [6.45, 7) is 1.47. The lowest BCUT2D eigenvalue weighted by molar-refractivity contribution is -0.130. The number of aromatic nitrogens is 2. The molecule has 0 saturated heterocycles. The highest BCUT2D eigenvalue weighted by atomic mass is 16.6. The number of carbonyl (C=O) groups is 2. The maximum Gasteiger partial charge on any atom is 0.363 e. The van der Waals surface area contributed by atoms with E-state index in [-0.39, 0.29) is 11.4 Å². The molecule has 1 heterocycles. The van der Waals surface area contributed by atoms with Gasteiger partial charge in [0.2, 0.25) is 5.69 Å². The van der Waals surface area contributed by atoms with Gasteiger partial charge in [-0.2, -0.15) is 10.4 Å². The van der Waals surface area contributed by atoms with Crippen LogP contribution >= 0.6 is 0 Å². The SMILES string of the molecule is COc1cn(-c2ccccc2)nc1C(=O)OC(C)C(=O)NC1(C#N)CCCCC1. The summed E-state index contributed by atoms with van der Waals surface area (Å²) in [6, 6.07) is 11.5. The molecule has 29 heavy (non-hydrogen) atoms. The summed E-state index contributed by atoms with van der Waals surface area (Å²) < 4.78 is 12.0. The number of hydrogen-bond acceptors (Lipinski definition) is 6. The molecule has 1 aromatic carbocycles. The lowest BCUT2D eigenvalue weighted by Crippen LogP contribution is -2.52. The number of nitrogens with one attached hydrogen (secondary N) is 1. The molecule has 0 radical (unpaired) electrons. The molecule has 1 aliphatic carbocycles. The van der Waals surface area contributed by atoms with Gasteiger partial charge in [0.25, 0.3) is 5.91 Å². The normalized spacial score (nSPS) is 16.3. The van der Waals surface area contributed by atoms with Crippen LogP contribution < -0.4 is 10.1 Å². The van der Waals surface area contributed by atoms with Crippen molar-refractivity contribution in [3.05, 3.63) is 42.2 Å². The Labute approximate surface area is 169 Å². The second-order valence-electron chi connectivity index (χ2n) is 7.12. The fraction of sp³-hybridized carbons (Fsp3) is 0.429. The zero-order valence-electron chi connectivity index (χ0n) is 16.6. The third-order valence-electron chi connectivity index (χ3n) is 5.05. The number of benzene rings is 1. The Morgan fingerprint density at radius 2 is 1.93 bits per heavy atom. The largest absolute Gasteiger partial charge is 0.493 e. The number of amides is 1. The summed E-state index contributed by atoms with van der Waals surface area (Å²) >= 11 is 0. The van der Waals surface area contributed by atoms with Crippen molar-refractivity contribution >= 4 is 11.9 Å². The minimum absolute atomic E-state index is 0.0244. The monoisotopic (exact) mass is 396 g/mol. The number of methoxy groups -OCH3 is 1. The summed E-state index contributed by atoms with van der Waals surface area (Å²) in [7, 11) is 1.43. The minimum Gasteiger partial charge on any atom is -0.493 e. The van der Waals surface area contributed by atoms with Crippen LogP contribution in [0.2, 0.25) is 0 Å². The first-order valence-corrected chi connectivity index (χ1v) is 9.61. The van der Waals surface area contributed by atoms with Crippen molar-refractivity contribution < 1.29 is 19.1 Å². The van der Waals surface area contributed by atoms with Gasteiger partial charge in [-0.25, -0.2) is 9.48 Å².